The maximum Gasteiger partial charge on any atom is 0.337 e. The highest BCUT2D eigenvalue weighted by molar-refractivity contribution is 6.03. The highest BCUT2D eigenvalue weighted by Crippen LogP contribution is 2.57. The van der Waals surface area contributed by atoms with Crippen molar-refractivity contribution in [1.82, 2.24) is 15.1 Å². The number of carbonyl (C=O) groups is 2. The Hall–Kier alpha value is -4.11. The highest BCUT2D eigenvalue weighted by atomic mass is 16.6. The number of nitrogens with one attached hydrogen (secondary N) is 1. The van der Waals surface area contributed by atoms with Gasteiger partial charge in [-0.25, -0.2) is 9.48 Å². The van der Waals surface area contributed by atoms with Crippen molar-refractivity contribution in [2.75, 3.05) is 20.8 Å². The van der Waals surface area contributed by atoms with E-state index >= 15 is 0 Å². The molecule has 9 nitrogen and oxygen atoms in total. The number of carbonyl (C=O) groups excluding carboxylic acids is 2. The van der Waals surface area contributed by atoms with Gasteiger partial charge in [-0.2, -0.15) is 5.10 Å². The zero-order valence-corrected chi connectivity index (χ0v) is 29.0. The Morgan fingerprint density at radius 1 is 1.09 bits per heavy atom. The molecule has 47 heavy (non-hydrogen) atoms. The van der Waals surface area contributed by atoms with Crippen molar-refractivity contribution < 1.29 is 28.9 Å². The van der Waals surface area contributed by atoms with Crippen molar-refractivity contribution >= 4 is 11.9 Å². The van der Waals surface area contributed by atoms with Gasteiger partial charge >= 0.3 is 5.97 Å². The van der Waals surface area contributed by atoms with E-state index in [9.17, 15) is 14.7 Å². The summed E-state index contributed by atoms with van der Waals surface area (Å²) in [5, 5.41) is 17.3. The number of fused-ring (bicyclic) bond motifs is 1. The minimum absolute atomic E-state index is 0.105. The van der Waals surface area contributed by atoms with E-state index in [1.54, 1.807) is 25.0 Å². The Morgan fingerprint density at radius 2 is 1.79 bits per heavy atom. The summed E-state index contributed by atoms with van der Waals surface area (Å²) in [5.41, 5.74) is 3.50. The fourth-order valence-corrected chi connectivity index (χ4v) is 6.74. The van der Waals surface area contributed by atoms with Gasteiger partial charge in [-0.1, -0.05) is 45.0 Å². The molecule has 0 saturated heterocycles. The van der Waals surface area contributed by atoms with E-state index < -0.39 is 23.0 Å². The molecule has 2 N–H and O–H groups in total. The molecule has 9 heteroatoms. The van der Waals surface area contributed by atoms with Crippen LogP contribution in [0.5, 0.6) is 11.5 Å². The average molecular weight is 644 g/mol. The van der Waals surface area contributed by atoms with Crippen LogP contribution in [0.4, 0.5) is 0 Å². The van der Waals surface area contributed by atoms with E-state index in [-0.39, 0.29) is 24.1 Å². The number of aromatic nitrogens is 2. The normalized spacial score (nSPS) is 20.3. The number of nitrogens with zero attached hydrogens (tertiary/aromatic N) is 2. The highest BCUT2D eigenvalue weighted by Gasteiger charge is 2.68. The van der Waals surface area contributed by atoms with Crippen molar-refractivity contribution in [2.45, 2.75) is 90.7 Å². The van der Waals surface area contributed by atoms with Crippen molar-refractivity contribution in [3.05, 3.63) is 70.9 Å². The van der Waals surface area contributed by atoms with Crippen LogP contribution in [0.3, 0.4) is 0 Å². The van der Waals surface area contributed by atoms with Crippen LogP contribution in [0.2, 0.25) is 0 Å². The van der Waals surface area contributed by atoms with E-state index in [1.807, 2.05) is 45.0 Å². The zero-order chi connectivity index (χ0) is 34.1. The molecule has 0 spiro atoms. The van der Waals surface area contributed by atoms with Gasteiger partial charge in [0.25, 0.3) is 5.91 Å². The third-order valence-corrected chi connectivity index (χ3v) is 9.12. The second kappa shape index (κ2) is 13.6. The van der Waals surface area contributed by atoms with Gasteiger partial charge in [0.05, 0.1) is 31.2 Å². The Labute approximate surface area is 278 Å². The average Bonchev–Trinajstić information content (AvgIpc) is 3.42. The number of ether oxygens (including phenoxy) is 3. The number of aryl methyl sites for hydroxylation is 1. The number of allylic oxidation sites excluding steroid dienone is 1. The van der Waals surface area contributed by atoms with Crippen LogP contribution in [0.25, 0.3) is 16.9 Å². The van der Waals surface area contributed by atoms with Crippen LogP contribution < -0.4 is 14.8 Å². The topological polar surface area (TPSA) is 112 Å². The molecule has 0 radical (unpaired) electrons. The molecule has 252 valence electrons. The molecule has 1 heterocycles. The van der Waals surface area contributed by atoms with Gasteiger partial charge in [0.15, 0.2) is 11.2 Å². The molecule has 1 amide bonds. The Kier molecular flexibility index (Phi) is 9.87. The summed E-state index contributed by atoms with van der Waals surface area (Å²) in [6.45, 7) is 12.1. The van der Waals surface area contributed by atoms with E-state index in [4.69, 9.17) is 19.3 Å². The van der Waals surface area contributed by atoms with Crippen molar-refractivity contribution in [1.29, 1.82) is 0 Å². The molecule has 5 rings (SSSR count). The fourth-order valence-electron chi connectivity index (χ4n) is 6.74. The summed E-state index contributed by atoms with van der Waals surface area (Å²) in [4.78, 5) is 28.0. The van der Waals surface area contributed by atoms with E-state index in [0.717, 1.165) is 48.9 Å². The lowest BCUT2D eigenvalue weighted by Gasteiger charge is -2.25. The maximum atomic E-state index is 14.2. The predicted octanol–water partition coefficient (Wildman–Crippen LogP) is 6.79. The molecule has 2 aliphatic carbocycles. The molecule has 3 atom stereocenters. The number of amides is 1. The number of aliphatic hydroxyl groups excluding tert-OH is 1. The van der Waals surface area contributed by atoms with Gasteiger partial charge in [0.2, 0.25) is 0 Å². The van der Waals surface area contributed by atoms with Gasteiger partial charge in [0, 0.05) is 12.5 Å². The summed E-state index contributed by atoms with van der Waals surface area (Å²) in [6.07, 6.45) is 6.22. The van der Waals surface area contributed by atoms with Crippen molar-refractivity contribution in [3.63, 3.8) is 0 Å². The largest absolute Gasteiger partial charge is 0.496 e. The number of unbranched alkanes of at least 4 members (excludes halogenated alkanes) is 1. The first-order chi connectivity index (χ1) is 22.3. The van der Waals surface area contributed by atoms with Gasteiger partial charge in [-0.15, -0.1) is 0 Å². The fraction of sp³-hybridized carbons (Fsp3) is 0.500. The molecule has 3 aromatic rings. The molecular formula is C38H49N3O6. The minimum Gasteiger partial charge on any atom is -0.496 e. The van der Waals surface area contributed by atoms with E-state index in [0.29, 0.717) is 28.7 Å². The smallest absolute Gasteiger partial charge is 0.337 e. The van der Waals surface area contributed by atoms with Crippen LogP contribution in [0, 0.1) is 11.8 Å². The van der Waals surface area contributed by atoms with E-state index in [1.165, 1.54) is 5.56 Å². The van der Waals surface area contributed by atoms with Crippen LogP contribution in [0.15, 0.2) is 54.1 Å². The van der Waals surface area contributed by atoms with Crippen molar-refractivity contribution in [2.24, 2.45) is 11.8 Å². The zero-order valence-electron chi connectivity index (χ0n) is 29.0. The molecule has 2 aromatic carbocycles. The van der Waals surface area contributed by atoms with Gasteiger partial charge in [-0.3, -0.25) is 4.79 Å². The third kappa shape index (κ3) is 6.82. The molecular weight excluding hydrogens is 594 g/mol. The minimum atomic E-state index is -1.21. The quantitative estimate of drug-likeness (QED) is 0.127. The maximum absolute atomic E-state index is 14.2. The molecule has 1 aromatic heterocycles. The van der Waals surface area contributed by atoms with Crippen LogP contribution >= 0.6 is 0 Å². The first-order valence-electron chi connectivity index (χ1n) is 16.7. The molecule has 1 saturated carbocycles. The lowest BCUT2D eigenvalue weighted by Crippen LogP contribution is -2.48. The Morgan fingerprint density at radius 3 is 2.38 bits per heavy atom. The molecule has 1 fully saturated rings. The monoisotopic (exact) mass is 643 g/mol. The summed E-state index contributed by atoms with van der Waals surface area (Å²) in [6, 6.07) is 13.6. The Bertz CT molecular complexity index is 1640. The molecule has 3 unspecified atom stereocenters. The molecule has 0 aliphatic heterocycles. The third-order valence-electron chi connectivity index (χ3n) is 9.12. The summed E-state index contributed by atoms with van der Waals surface area (Å²) < 4.78 is 19.2. The van der Waals surface area contributed by atoms with Gasteiger partial charge < -0.3 is 24.6 Å². The Balaban J connectivity index is 1.63. The SMILES string of the molecule is COc1cccc(OC)c1-c1cc(C(=O)NC2(C(=O)OC(C)(C)C)C3=CCC(C)CC32)nn1-c1ccc(CCCCO)cc1C(C)C. The first-order valence-corrected chi connectivity index (χ1v) is 16.7. The van der Waals surface area contributed by atoms with Crippen LogP contribution in [-0.2, 0) is 16.0 Å². The lowest BCUT2D eigenvalue weighted by molar-refractivity contribution is -0.158. The van der Waals surface area contributed by atoms with Crippen molar-refractivity contribution in [3.8, 4) is 28.4 Å². The van der Waals surface area contributed by atoms with Crippen LogP contribution in [-0.4, -0.2) is 58.7 Å². The first kappa shape index (κ1) is 34.2. The number of rotatable bonds is 12. The summed E-state index contributed by atoms with van der Waals surface area (Å²) >= 11 is 0. The predicted molar refractivity (Wildman–Crippen MR) is 182 cm³/mol. The second-order valence-electron chi connectivity index (χ2n) is 14.1. The number of aliphatic hydroxyl groups is 1. The number of hydrogen-bond acceptors (Lipinski definition) is 7. The standard InChI is InChI=1S/C38H49N3O6/c1-23(2)26-21-25(12-9-10-19-42)16-18-30(26)41-31(34-32(45-7)13-11-14-33(34)46-8)22-29(40-41)35(43)39-38(36(44)47-37(4,5)6)27-17-15-24(3)20-28(27)38/h11,13-14,16-18,21-24,28,42H,9-10,12,15,19-20H2,1-8H3,(H,39,43). The van der Waals surface area contributed by atoms with Gasteiger partial charge in [-0.05, 0) is 106 Å². The second-order valence-corrected chi connectivity index (χ2v) is 14.1. The lowest BCUT2D eigenvalue weighted by atomic mass is 9.96. The summed E-state index contributed by atoms with van der Waals surface area (Å²) in [7, 11) is 3.20. The molecule has 0 bridgehead atoms. The van der Waals surface area contributed by atoms with Gasteiger partial charge in [0.1, 0.15) is 17.1 Å². The number of benzene rings is 2. The number of esters is 1. The van der Waals surface area contributed by atoms with E-state index in [2.05, 4.69) is 44.3 Å². The molecule has 2 aliphatic rings. The number of methoxy groups -OCH3 is 2. The van der Waals surface area contributed by atoms with Crippen LogP contribution in [0.1, 0.15) is 94.8 Å². The number of hydrogen-bond donors (Lipinski definition) is 2. The summed E-state index contributed by atoms with van der Waals surface area (Å²) in [5.74, 6) is 0.689.